The largest absolute Gasteiger partial charge is 0.341 e. The van der Waals surface area contributed by atoms with Gasteiger partial charge in [0.2, 0.25) is 5.91 Å². The SMILES string of the molecule is CCCCC(N)C(=O)N(CC)CCc1ccccc1. The van der Waals surface area contributed by atoms with Gasteiger partial charge < -0.3 is 10.6 Å². The van der Waals surface area contributed by atoms with E-state index >= 15 is 0 Å². The fourth-order valence-electron chi connectivity index (χ4n) is 2.11. The number of carbonyl (C=O) groups is 1. The molecule has 3 heteroatoms. The van der Waals surface area contributed by atoms with E-state index in [2.05, 4.69) is 19.1 Å². The van der Waals surface area contributed by atoms with Crippen LogP contribution in [0.3, 0.4) is 0 Å². The highest BCUT2D eigenvalue weighted by Crippen LogP contribution is 2.05. The van der Waals surface area contributed by atoms with Crippen LogP contribution in [-0.4, -0.2) is 29.9 Å². The minimum atomic E-state index is -0.337. The predicted molar refractivity (Wildman–Crippen MR) is 79.9 cm³/mol. The second-order valence-electron chi connectivity index (χ2n) is 4.90. The normalized spacial score (nSPS) is 12.2. The summed E-state index contributed by atoms with van der Waals surface area (Å²) in [7, 11) is 0. The molecule has 0 fully saturated rings. The number of hydrogen-bond donors (Lipinski definition) is 1. The zero-order valence-electron chi connectivity index (χ0n) is 12.1. The third kappa shape index (κ3) is 5.43. The van der Waals surface area contributed by atoms with Crippen molar-refractivity contribution >= 4 is 5.91 Å². The van der Waals surface area contributed by atoms with Gasteiger partial charge in [-0.25, -0.2) is 0 Å². The second kappa shape index (κ2) is 8.70. The Hall–Kier alpha value is -1.35. The van der Waals surface area contributed by atoms with E-state index in [0.717, 1.165) is 38.8 Å². The number of amides is 1. The van der Waals surface area contributed by atoms with Gasteiger partial charge >= 0.3 is 0 Å². The van der Waals surface area contributed by atoms with Crippen LogP contribution >= 0.6 is 0 Å². The smallest absolute Gasteiger partial charge is 0.239 e. The van der Waals surface area contributed by atoms with Gasteiger partial charge in [0.15, 0.2) is 0 Å². The highest BCUT2D eigenvalue weighted by atomic mass is 16.2. The molecule has 0 aliphatic rings. The molecule has 2 N–H and O–H groups in total. The minimum Gasteiger partial charge on any atom is -0.341 e. The molecule has 1 rings (SSSR count). The molecule has 106 valence electrons. The number of benzene rings is 1. The molecule has 1 atom stereocenters. The summed E-state index contributed by atoms with van der Waals surface area (Å²) in [6, 6.07) is 9.91. The summed E-state index contributed by atoms with van der Waals surface area (Å²) in [5.74, 6) is 0.0897. The Morgan fingerprint density at radius 2 is 1.95 bits per heavy atom. The molecule has 0 aliphatic carbocycles. The first kappa shape index (κ1) is 15.7. The predicted octanol–water partition coefficient (Wildman–Crippen LogP) is 2.60. The highest BCUT2D eigenvalue weighted by Gasteiger charge is 2.18. The molecule has 1 aromatic carbocycles. The van der Waals surface area contributed by atoms with Crippen molar-refractivity contribution in [2.45, 2.75) is 45.6 Å². The van der Waals surface area contributed by atoms with Gasteiger partial charge in [0.1, 0.15) is 0 Å². The standard InChI is InChI=1S/C16H26N2O/c1-3-5-11-15(17)16(19)18(4-2)13-12-14-9-7-6-8-10-14/h6-10,15H,3-5,11-13,17H2,1-2H3. The maximum atomic E-state index is 12.2. The van der Waals surface area contributed by atoms with E-state index in [4.69, 9.17) is 5.73 Å². The third-order valence-electron chi connectivity index (χ3n) is 3.39. The topological polar surface area (TPSA) is 46.3 Å². The number of carbonyl (C=O) groups excluding carboxylic acids is 1. The van der Waals surface area contributed by atoms with Crippen LogP contribution in [0.2, 0.25) is 0 Å². The maximum absolute atomic E-state index is 12.2. The van der Waals surface area contributed by atoms with Crippen LogP contribution in [0.5, 0.6) is 0 Å². The average molecular weight is 262 g/mol. The molecule has 3 nitrogen and oxygen atoms in total. The molecule has 0 radical (unpaired) electrons. The first-order valence-electron chi connectivity index (χ1n) is 7.27. The molecule has 0 aliphatic heterocycles. The Balaban J connectivity index is 2.46. The molecule has 1 aromatic rings. The van der Waals surface area contributed by atoms with Crippen LogP contribution in [0.1, 0.15) is 38.7 Å². The summed E-state index contributed by atoms with van der Waals surface area (Å²) >= 11 is 0. The fraction of sp³-hybridized carbons (Fsp3) is 0.562. The van der Waals surface area contributed by atoms with Gasteiger partial charge in [-0.15, -0.1) is 0 Å². The lowest BCUT2D eigenvalue weighted by Gasteiger charge is -2.24. The Labute approximate surface area is 116 Å². The third-order valence-corrected chi connectivity index (χ3v) is 3.39. The van der Waals surface area contributed by atoms with Crippen LogP contribution in [0, 0.1) is 0 Å². The molecule has 19 heavy (non-hydrogen) atoms. The lowest BCUT2D eigenvalue weighted by molar-refractivity contribution is -0.132. The van der Waals surface area contributed by atoms with Crippen LogP contribution in [0.25, 0.3) is 0 Å². The van der Waals surface area contributed by atoms with Gasteiger partial charge in [0.25, 0.3) is 0 Å². The number of nitrogens with two attached hydrogens (primary N) is 1. The van der Waals surface area contributed by atoms with E-state index in [1.54, 1.807) is 0 Å². The average Bonchev–Trinajstić information content (AvgIpc) is 2.46. The van der Waals surface area contributed by atoms with E-state index < -0.39 is 0 Å². The molecular weight excluding hydrogens is 236 g/mol. The van der Waals surface area contributed by atoms with Crippen molar-refractivity contribution in [3.05, 3.63) is 35.9 Å². The molecule has 0 heterocycles. The summed E-state index contributed by atoms with van der Waals surface area (Å²) in [4.78, 5) is 14.1. The molecule has 0 saturated heterocycles. The Kier molecular flexibility index (Phi) is 7.19. The Morgan fingerprint density at radius 3 is 2.53 bits per heavy atom. The maximum Gasteiger partial charge on any atom is 0.239 e. The van der Waals surface area contributed by atoms with Crippen LogP contribution in [-0.2, 0) is 11.2 Å². The van der Waals surface area contributed by atoms with Gasteiger partial charge in [-0.05, 0) is 25.3 Å². The van der Waals surface area contributed by atoms with Crippen molar-refractivity contribution in [2.24, 2.45) is 5.73 Å². The van der Waals surface area contributed by atoms with E-state index in [1.807, 2.05) is 30.0 Å². The summed E-state index contributed by atoms with van der Waals surface area (Å²) in [6.45, 7) is 5.60. The van der Waals surface area contributed by atoms with Crippen molar-refractivity contribution in [1.29, 1.82) is 0 Å². The molecule has 0 aromatic heterocycles. The first-order chi connectivity index (χ1) is 9.19. The quantitative estimate of drug-likeness (QED) is 0.782. The van der Waals surface area contributed by atoms with Crippen molar-refractivity contribution < 1.29 is 4.79 Å². The molecule has 0 spiro atoms. The van der Waals surface area contributed by atoms with E-state index in [0.29, 0.717) is 0 Å². The van der Waals surface area contributed by atoms with Gasteiger partial charge in [-0.3, -0.25) is 4.79 Å². The summed E-state index contributed by atoms with van der Waals surface area (Å²) < 4.78 is 0. The number of hydrogen-bond acceptors (Lipinski definition) is 2. The molecule has 0 bridgehead atoms. The van der Waals surface area contributed by atoms with Crippen molar-refractivity contribution in [3.63, 3.8) is 0 Å². The van der Waals surface area contributed by atoms with Crippen LogP contribution < -0.4 is 5.73 Å². The highest BCUT2D eigenvalue weighted by molar-refractivity contribution is 5.81. The minimum absolute atomic E-state index is 0.0897. The van der Waals surface area contributed by atoms with Crippen molar-refractivity contribution in [1.82, 2.24) is 4.90 Å². The molecule has 1 amide bonds. The van der Waals surface area contributed by atoms with Gasteiger partial charge in [0, 0.05) is 13.1 Å². The molecule has 1 unspecified atom stereocenters. The monoisotopic (exact) mass is 262 g/mol. The number of unbranched alkanes of at least 4 members (excludes halogenated alkanes) is 1. The first-order valence-corrected chi connectivity index (χ1v) is 7.27. The van der Waals surface area contributed by atoms with E-state index in [9.17, 15) is 4.79 Å². The summed E-state index contributed by atoms with van der Waals surface area (Å²) in [5.41, 5.74) is 7.22. The van der Waals surface area contributed by atoms with Crippen LogP contribution in [0.4, 0.5) is 0 Å². The van der Waals surface area contributed by atoms with Crippen molar-refractivity contribution in [2.75, 3.05) is 13.1 Å². The van der Waals surface area contributed by atoms with Crippen molar-refractivity contribution in [3.8, 4) is 0 Å². The van der Waals surface area contributed by atoms with Gasteiger partial charge in [-0.1, -0.05) is 50.1 Å². The fourth-order valence-corrected chi connectivity index (χ4v) is 2.11. The lowest BCUT2D eigenvalue weighted by Crippen LogP contribution is -2.44. The second-order valence-corrected chi connectivity index (χ2v) is 4.90. The summed E-state index contributed by atoms with van der Waals surface area (Å²) in [6.07, 6.45) is 3.78. The Morgan fingerprint density at radius 1 is 1.26 bits per heavy atom. The molecular formula is C16H26N2O. The Bertz CT molecular complexity index is 364. The van der Waals surface area contributed by atoms with E-state index in [1.165, 1.54) is 5.56 Å². The lowest BCUT2D eigenvalue weighted by atomic mass is 10.1. The number of likely N-dealkylation sites (N-methyl/N-ethyl adjacent to an activating group) is 1. The van der Waals surface area contributed by atoms with E-state index in [-0.39, 0.29) is 11.9 Å². The zero-order valence-corrected chi connectivity index (χ0v) is 12.1. The zero-order chi connectivity index (χ0) is 14.1. The molecule has 0 saturated carbocycles. The van der Waals surface area contributed by atoms with Crippen LogP contribution in [0.15, 0.2) is 30.3 Å². The van der Waals surface area contributed by atoms with Gasteiger partial charge in [-0.2, -0.15) is 0 Å². The van der Waals surface area contributed by atoms with Gasteiger partial charge in [0.05, 0.1) is 6.04 Å². The number of nitrogens with zero attached hydrogens (tertiary/aromatic N) is 1. The number of rotatable bonds is 8. The summed E-state index contributed by atoms with van der Waals surface area (Å²) in [5, 5.41) is 0.